The molecule has 8 nitrogen and oxygen atoms in total. The van der Waals surface area contributed by atoms with Crippen LogP contribution in [-0.2, 0) is 6.54 Å². The van der Waals surface area contributed by atoms with Crippen LogP contribution in [0.5, 0.6) is 0 Å². The molecule has 4 rings (SSSR count). The smallest absolute Gasteiger partial charge is 0.270 e. The van der Waals surface area contributed by atoms with Gasteiger partial charge in [0.05, 0.1) is 18.5 Å². The summed E-state index contributed by atoms with van der Waals surface area (Å²) in [5, 5.41) is 13.1. The fourth-order valence-electron chi connectivity index (χ4n) is 3.29. The van der Waals surface area contributed by atoms with Crippen molar-refractivity contribution in [3.63, 3.8) is 0 Å². The second kappa shape index (κ2) is 6.04. The Bertz CT molecular complexity index is 843. The van der Waals surface area contributed by atoms with Crippen molar-refractivity contribution in [2.75, 3.05) is 0 Å². The van der Waals surface area contributed by atoms with E-state index >= 15 is 0 Å². The molecule has 0 aromatic carbocycles. The highest BCUT2D eigenvalue weighted by molar-refractivity contribution is 5.92. The predicted octanol–water partition coefficient (Wildman–Crippen LogP) is 0.495. The Hall–Kier alpha value is -2.74. The molecule has 3 atom stereocenters. The first kappa shape index (κ1) is 14.8. The van der Waals surface area contributed by atoms with Crippen molar-refractivity contribution < 1.29 is 9.90 Å². The van der Waals surface area contributed by atoms with Crippen molar-refractivity contribution in [2.45, 2.75) is 31.5 Å². The van der Waals surface area contributed by atoms with Gasteiger partial charge in [-0.3, -0.25) is 9.20 Å². The molecule has 3 aromatic rings. The van der Waals surface area contributed by atoms with E-state index in [1.807, 2.05) is 10.8 Å². The second-order valence-electron chi connectivity index (χ2n) is 6.19. The molecule has 8 heteroatoms. The lowest BCUT2D eigenvalue weighted by molar-refractivity contribution is 0.0868. The topological polar surface area (TPSA) is 97.3 Å². The van der Waals surface area contributed by atoms with E-state index in [1.165, 1.54) is 0 Å². The first-order valence-electron chi connectivity index (χ1n) is 7.93. The summed E-state index contributed by atoms with van der Waals surface area (Å²) in [6, 6.07) is 1.39. The summed E-state index contributed by atoms with van der Waals surface area (Å²) >= 11 is 0. The molecule has 1 aliphatic rings. The highest BCUT2D eigenvalue weighted by Gasteiger charge is 2.34. The van der Waals surface area contributed by atoms with E-state index in [4.69, 9.17) is 0 Å². The van der Waals surface area contributed by atoms with E-state index in [0.29, 0.717) is 23.8 Å². The molecule has 2 N–H and O–H groups in total. The molecule has 0 radical (unpaired) electrons. The number of nitrogens with zero attached hydrogens (tertiary/aromatic N) is 5. The van der Waals surface area contributed by atoms with E-state index in [0.717, 1.165) is 13.0 Å². The third kappa shape index (κ3) is 2.88. The van der Waals surface area contributed by atoms with Crippen molar-refractivity contribution in [3.05, 3.63) is 49.1 Å². The molecule has 24 heavy (non-hydrogen) atoms. The molecule has 0 aliphatic heterocycles. The fraction of sp³-hybridized carbons (Fsp3) is 0.375. The second-order valence-corrected chi connectivity index (χ2v) is 6.19. The minimum atomic E-state index is -0.544. The molecule has 0 spiro atoms. The number of hydrogen-bond donors (Lipinski definition) is 2. The number of aliphatic hydroxyl groups excluding tert-OH is 1. The first-order valence-corrected chi connectivity index (χ1v) is 7.93. The average molecular weight is 326 g/mol. The zero-order valence-electron chi connectivity index (χ0n) is 13.0. The van der Waals surface area contributed by atoms with Crippen LogP contribution >= 0.6 is 0 Å². The lowest BCUT2D eigenvalue weighted by Crippen LogP contribution is -2.40. The zero-order valence-corrected chi connectivity index (χ0v) is 13.0. The highest BCUT2D eigenvalue weighted by Crippen LogP contribution is 2.27. The maximum Gasteiger partial charge on any atom is 0.270 e. The number of nitrogens with one attached hydrogen (secondary N) is 1. The van der Waals surface area contributed by atoms with Crippen molar-refractivity contribution in [1.29, 1.82) is 0 Å². The number of carbonyl (C=O) groups excluding carboxylic acids is 1. The summed E-state index contributed by atoms with van der Waals surface area (Å²) in [6.07, 6.45) is 11.4. The summed E-state index contributed by atoms with van der Waals surface area (Å²) < 4.78 is 3.73. The molecule has 1 saturated carbocycles. The summed E-state index contributed by atoms with van der Waals surface area (Å²) in [7, 11) is 0. The molecular weight excluding hydrogens is 308 g/mol. The van der Waals surface area contributed by atoms with Gasteiger partial charge in [0.15, 0.2) is 0 Å². The Morgan fingerprint density at radius 1 is 1.29 bits per heavy atom. The molecule has 124 valence electrons. The van der Waals surface area contributed by atoms with Gasteiger partial charge >= 0.3 is 0 Å². The van der Waals surface area contributed by atoms with Crippen molar-refractivity contribution in [2.24, 2.45) is 5.92 Å². The van der Waals surface area contributed by atoms with Crippen LogP contribution in [0, 0.1) is 5.92 Å². The average Bonchev–Trinajstić information content (AvgIpc) is 3.29. The molecular formula is C16H18N6O2. The molecule has 1 amide bonds. The Labute approximate surface area is 138 Å². The van der Waals surface area contributed by atoms with Crippen molar-refractivity contribution >= 4 is 11.7 Å². The van der Waals surface area contributed by atoms with Crippen LogP contribution in [0.15, 0.2) is 43.4 Å². The standard InChI is InChI=1S/C16H18N6O2/c23-14-8-11(9-21-5-2-17-10-21)7-13(14)19-15(24)12-1-4-22-6-3-18-16(22)20-12/h1-6,10-11,13-14,23H,7-9H2,(H,19,24)/t11?,13-,14-/m1/s1. The summed E-state index contributed by atoms with van der Waals surface area (Å²) in [4.78, 5) is 24.7. The number of rotatable bonds is 4. The van der Waals surface area contributed by atoms with Crippen LogP contribution in [0.2, 0.25) is 0 Å². The van der Waals surface area contributed by atoms with Crippen LogP contribution in [-0.4, -0.2) is 47.1 Å². The van der Waals surface area contributed by atoms with Crippen molar-refractivity contribution in [1.82, 2.24) is 29.2 Å². The van der Waals surface area contributed by atoms with Gasteiger partial charge in [-0.2, -0.15) is 0 Å². The van der Waals surface area contributed by atoms with Gasteiger partial charge in [-0.05, 0) is 24.8 Å². The number of fused-ring (bicyclic) bond motifs is 1. The van der Waals surface area contributed by atoms with Crippen LogP contribution in [0.4, 0.5) is 0 Å². The number of amides is 1. The summed E-state index contributed by atoms with van der Waals surface area (Å²) in [5.41, 5.74) is 0.305. The van der Waals surface area contributed by atoms with Gasteiger partial charge in [0, 0.05) is 37.5 Å². The Balaban J connectivity index is 1.41. The summed E-state index contributed by atoms with van der Waals surface area (Å²) in [5.74, 6) is 0.502. The minimum absolute atomic E-state index is 0.260. The number of carbonyl (C=O) groups is 1. The third-order valence-corrected chi connectivity index (χ3v) is 4.47. The van der Waals surface area contributed by atoms with E-state index in [2.05, 4.69) is 20.3 Å². The van der Waals surface area contributed by atoms with Gasteiger partial charge in [0.1, 0.15) is 5.69 Å². The number of imidazole rings is 2. The molecule has 3 aromatic heterocycles. The van der Waals surface area contributed by atoms with Crippen LogP contribution in [0.25, 0.3) is 5.78 Å². The van der Waals surface area contributed by atoms with E-state index in [-0.39, 0.29) is 11.9 Å². The van der Waals surface area contributed by atoms with Gasteiger partial charge in [-0.25, -0.2) is 15.0 Å². The monoisotopic (exact) mass is 326 g/mol. The third-order valence-electron chi connectivity index (χ3n) is 4.47. The number of aliphatic hydroxyl groups is 1. The Morgan fingerprint density at radius 2 is 2.21 bits per heavy atom. The van der Waals surface area contributed by atoms with Crippen LogP contribution < -0.4 is 5.32 Å². The lowest BCUT2D eigenvalue weighted by Gasteiger charge is -2.16. The van der Waals surface area contributed by atoms with E-state index in [9.17, 15) is 9.90 Å². The quantitative estimate of drug-likeness (QED) is 0.727. The molecule has 1 fully saturated rings. The Kier molecular flexibility index (Phi) is 3.73. The van der Waals surface area contributed by atoms with Gasteiger partial charge in [0.25, 0.3) is 5.91 Å². The van der Waals surface area contributed by atoms with Gasteiger partial charge in [-0.1, -0.05) is 0 Å². The van der Waals surface area contributed by atoms with Gasteiger partial charge in [0.2, 0.25) is 5.78 Å². The number of aromatic nitrogens is 5. The van der Waals surface area contributed by atoms with Crippen LogP contribution in [0.1, 0.15) is 23.3 Å². The van der Waals surface area contributed by atoms with Crippen molar-refractivity contribution in [3.8, 4) is 0 Å². The van der Waals surface area contributed by atoms with E-state index in [1.54, 1.807) is 41.6 Å². The SMILES string of the molecule is O=C(N[C@@H]1CC(Cn2ccnc2)C[C@H]1O)c1ccn2ccnc2n1. The van der Waals surface area contributed by atoms with Gasteiger partial charge < -0.3 is 15.0 Å². The first-order chi connectivity index (χ1) is 11.7. The lowest BCUT2D eigenvalue weighted by atomic mass is 10.1. The molecule has 3 heterocycles. The maximum atomic E-state index is 12.4. The molecule has 1 aliphatic carbocycles. The largest absolute Gasteiger partial charge is 0.391 e. The predicted molar refractivity (Wildman–Crippen MR) is 85.2 cm³/mol. The number of hydrogen-bond acceptors (Lipinski definition) is 5. The molecule has 0 bridgehead atoms. The summed E-state index contributed by atoms with van der Waals surface area (Å²) in [6.45, 7) is 0.793. The highest BCUT2D eigenvalue weighted by atomic mass is 16.3. The molecule has 1 unspecified atom stereocenters. The van der Waals surface area contributed by atoms with Gasteiger partial charge in [-0.15, -0.1) is 0 Å². The molecule has 0 saturated heterocycles. The fourth-order valence-corrected chi connectivity index (χ4v) is 3.29. The maximum absolute atomic E-state index is 12.4. The Morgan fingerprint density at radius 3 is 3.04 bits per heavy atom. The zero-order chi connectivity index (χ0) is 16.5. The normalized spacial score (nSPS) is 23.6. The van der Waals surface area contributed by atoms with E-state index < -0.39 is 6.10 Å². The minimum Gasteiger partial charge on any atom is -0.391 e. The van der Waals surface area contributed by atoms with Crippen LogP contribution in [0.3, 0.4) is 0 Å².